The van der Waals surface area contributed by atoms with E-state index in [9.17, 15) is 4.79 Å². The molecule has 0 unspecified atom stereocenters. The highest BCUT2D eigenvalue weighted by molar-refractivity contribution is 9.10. The Labute approximate surface area is 114 Å². The van der Waals surface area contributed by atoms with Crippen LogP contribution in [0.25, 0.3) is 0 Å². The number of hydrogen-bond donors (Lipinski definition) is 0. The lowest BCUT2D eigenvalue weighted by atomic mass is 10.1. The molecule has 0 aliphatic heterocycles. The average molecular weight is 311 g/mol. The predicted molar refractivity (Wildman–Crippen MR) is 71.6 cm³/mol. The van der Waals surface area contributed by atoms with Crippen LogP contribution in [0.5, 0.6) is 0 Å². The number of Topliss-reactive ketones (excluding diaryl/α,β-unsaturated/α-hetero) is 1. The number of aryl methyl sites for hydroxylation is 3. The molecule has 2 aromatic rings. The smallest absolute Gasteiger partial charge is 0.171 e. The summed E-state index contributed by atoms with van der Waals surface area (Å²) in [7, 11) is 1.80. The molecule has 0 N–H and O–H groups in total. The van der Waals surface area contributed by atoms with Crippen LogP contribution >= 0.6 is 15.9 Å². The molecule has 18 heavy (non-hydrogen) atoms. The molecule has 6 heteroatoms. The number of rotatable bonds is 4. The first-order chi connectivity index (χ1) is 8.52. The number of ketones is 1. The summed E-state index contributed by atoms with van der Waals surface area (Å²) in [6.45, 7) is 4.69. The molecule has 5 nitrogen and oxygen atoms in total. The van der Waals surface area contributed by atoms with Gasteiger partial charge in [0.25, 0.3) is 0 Å². The second-order valence-corrected chi connectivity index (χ2v) is 4.96. The third-order valence-corrected chi connectivity index (χ3v) is 3.84. The summed E-state index contributed by atoms with van der Waals surface area (Å²) in [5, 5.41) is 8.39. The predicted octanol–water partition coefficient (Wildman–Crippen LogP) is 2.13. The van der Waals surface area contributed by atoms with Crippen molar-refractivity contribution in [3.05, 3.63) is 33.8 Å². The fraction of sp³-hybridized carbons (Fsp3) is 0.417. The third kappa shape index (κ3) is 2.38. The molecule has 96 valence electrons. The molecule has 0 amide bonds. The van der Waals surface area contributed by atoms with E-state index in [1.54, 1.807) is 24.1 Å². The van der Waals surface area contributed by atoms with Crippen LogP contribution < -0.4 is 0 Å². The van der Waals surface area contributed by atoms with Crippen molar-refractivity contribution in [3.63, 3.8) is 0 Å². The first kappa shape index (κ1) is 13.0. The number of aromatic nitrogens is 4. The summed E-state index contributed by atoms with van der Waals surface area (Å²) in [5.74, 6) is 0.0541. The Morgan fingerprint density at radius 1 is 1.50 bits per heavy atom. The van der Waals surface area contributed by atoms with E-state index in [1.807, 2.05) is 18.5 Å². The molecule has 0 saturated carbocycles. The topological polar surface area (TPSA) is 52.7 Å². The van der Waals surface area contributed by atoms with Crippen LogP contribution in [-0.2, 0) is 20.0 Å². The first-order valence-electron chi connectivity index (χ1n) is 5.76. The first-order valence-corrected chi connectivity index (χ1v) is 6.55. The van der Waals surface area contributed by atoms with Crippen LogP contribution in [-0.4, -0.2) is 25.3 Å². The quantitative estimate of drug-likeness (QED) is 0.813. The van der Waals surface area contributed by atoms with Crippen molar-refractivity contribution >= 4 is 21.7 Å². The van der Waals surface area contributed by atoms with Gasteiger partial charge in [0.2, 0.25) is 0 Å². The molecule has 0 aliphatic carbocycles. The maximum Gasteiger partial charge on any atom is 0.171 e. The third-order valence-electron chi connectivity index (χ3n) is 2.81. The zero-order chi connectivity index (χ0) is 13.3. The van der Waals surface area contributed by atoms with E-state index in [1.165, 1.54) is 0 Å². The van der Waals surface area contributed by atoms with Crippen LogP contribution in [0.4, 0.5) is 0 Å². The van der Waals surface area contributed by atoms with E-state index in [0.717, 1.165) is 22.4 Å². The van der Waals surface area contributed by atoms with Crippen LogP contribution in [0.3, 0.4) is 0 Å². The number of carbonyl (C=O) groups is 1. The van der Waals surface area contributed by atoms with E-state index in [2.05, 4.69) is 26.1 Å². The summed E-state index contributed by atoms with van der Waals surface area (Å²) >= 11 is 3.49. The Bertz CT molecular complexity index is 585. The molecule has 0 bridgehead atoms. The van der Waals surface area contributed by atoms with Crippen molar-refractivity contribution in [1.82, 2.24) is 19.6 Å². The van der Waals surface area contributed by atoms with Gasteiger partial charge in [-0.3, -0.25) is 14.2 Å². The Morgan fingerprint density at radius 2 is 2.22 bits per heavy atom. The minimum absolute atomic E-state index is 0.0541. The lowest BCUT2D eigenvalue weighted by Gasteiger charge is -2.03. The van der Waals surface area contributed by atoms with E-state index < -0.39 is 0 Å². The summed E-state index contributed by atoms with van der Waals surface area (Å²) < 4.78 is 4.40. The molecule has 0 atom stereocenters. The molecular weight excluding hydrogens is 296 g/mol. The van der Waals surface area contributed by atoms with Crippen molar-refractivity contribution < 1.29 is 4.79 Å². The summed E-state index contributed by atoms with van der Waals surface area (Å²) in [4.78, 5) is 12.1. The fourth-order valence-electron chi connectivity index (χ4n) is 1.86. The molecule has 0 saturated heterocycles. The van der Waals surface area contributed by atoms with Gasteiger partial charge in [0, 0.05) is 19.8 Å². The van der Waals surface area contributed by atoms with Crippen LogP contribution in [0.15, 0.2) is 16.9 Å². The molecule has 0 fully saturated rings. The molecule has 2 aromatic heterocycles. The lowest BCUT2D eigenvalue weighted by Crippen LogP contribution is -2.09. The van der Waals surface area contributed by atoms with E-state index in [0.29, 0.717) is 12.0 Å². The van der Waals surface area contributed by atoms with Gasteiger partial charge in [-0.1, -0.05) is 0 Å². The maximum absolute atomic E-state index is 12.1. The van der Waals surface area contributed by atoms with Crippen molar-refractivity contribution in [2.24, 2.45) is 7.05 Å². The van der Waals surface area contributed by atoms with Gasteiger partial charge in [-0.2, -0.15) is 10.2 Å². The van der Waals surface area contributed by atoms with E-state index in [4.69, 9.17) is 0 Å². The second-order valence-electron chi connectivity index (χ2n) is 4.16. The van der Waals surface area contributed by atoms with Crippen LogP contribution in [0.2, 0.25) is 0 Å². The van der Waals surface area contributed by atoms with Crippen molar-refractivity contribution in [2.75, 3.05) is 0 Å². The molecule has 2 rings (SSSR count). The molecule has 0 aliphatic rings. The van der Waals surface area contributed by atoms with Crippen molar-refractivity contribution in [2.45, 2.75) is 26.8 Å². The molecule has 0 aromatic carbocycles. The number of halogens is 1. The van der Waals surface area contributed by atoms with Crippen LogP contribution in [0, 0.1) is 6.92 Å². The SMILES string of the molecule is CCn1nc(C)c(Br)c1CC(=O)c1cnn(C)c1. The monoisotopic (exact) mass is 310 g/mol. The van der Waals surface area contributed by atoms with Gasteiger partial charge in [-0.05, 0) is 29.8 Å². The average Bonchev–Trinajstić information content (AvgIpc) is 2.88. The standard InChI is InChI=1S/C12H15BrN4O/c1-4-17-10(12(13)8(2)15-17)5-11(18)9-6-14-16(3)7-9/h6-7H,4-5H2,1-3H3. The summed E-state index contributed by atoms with van der Waals surface area (Å²) in [5.41, 5.74) is 2.46. The van der Waals surface area contributed by atoms with Gasteiger partial charge in [0.1, 0.15) is 0 Å². The molecular formula is C12H15BrN4O. The minimum atomic E-state index is 0.0541. The van der Waals surface area contributed by atoms with Crippen LogP contribution in [0.1, 0.15) is 28.7 Å². The van der Waals surface area contributed by atoms with Gasteiger partial charge in [-0.15, -0.1) is 0 Å². The highest BCUT2D eigenvalue weighted by Crippen LogP contribution is 2.22. The Balaban J connectivity index is 2.26. The Morgan fingerprint density at radius 3 is 2.78 bits per heavy atom. The fourth-order valence-corrected chi connectivity index (χ4v) is 2.28. The van der Waals surface area contributed by atoms with Gasteiger partial charge in [-0.25, -0.2) is 0 Å². The molecule has 0 radical (unpaired) electrons. The Hall–Kier alpha value is -1.43. The van der Waals surface area contributed by atoms with Gasteiger partial charge < -0.3 is 0 Å². The van der Waals surface area contributed by atoms with Gasteiger partial charge in [0.15, 0.2) is 5.78 Å². The largest absolute Gasteiger partial charge is 0.294 e. The summed E-state index contributed by atoms with van der Waals surface area (Å²) in [6, 6.07) is 0. The summed E-state index contributed by atoms with van der Waals surface area (Å²) in [6.07, 6.45) is 3.66. The van der Waals surface area contributed by atoms with Gasteiger partial charge >= 0.3 is 0 Å². The molecule has 2 heterocycles. The highest BCUT2D eigenvalue weighted by atomic mass is 79.9. The number of hydrogen-bond acceptors (Lipinski definition) is 3. The normalized spacial score (nSPS) is 10.9. The minimum Gasteiger partial charge on any atom is -0.294 e. The van der Waals surface area contributed by atoms with Gasteiger partial charge in [0.05, 0.1) is 34.0 Å². The highest BCUT2D eigenvalue weighted by Gasteiger charge is 2.17. The van der Waals surface area contributed by atoms with E-state index in [-0.39, 0.29) is 5.78 Å². The zero-order valence-electron chi connectivity index (χ0n) is 10.6. The Kier molecular flexibility index (Phi) is 3.65. The lowest BCUT2D eigenvalue weighted by molar-refractivity contribution is 0.0990. The molecule has 0 spiro atoms. The van der Waals surface area contributed by atoms with E-state index >= 15 is 0 Å². The van der Waals surface area contributed by atoms with Crippen molar-refractivity contribution in [3.8, 4) is 0 Å². The van der Waals surface area contributed by atoms with Crippen molar-refractivity contribution in [1.29, 1.82) is 0 Å². The zero-order valence-corrected chi connectivity index (χ0v) is 12.2. The number of nitrogens with zero attached hydrogens (tertiary/aromatic N) is 4. The maximum atomic E-state index is 12.1. The second kappa shape index (κ2) is 5.06. The number of carbonyl (C=O) groups excluding carboxylic acids is 1.